The van der Waals surface area contributed by atoms with Gasteiger partial charge in [0, 0.05) is 6.54 Å². The number of allylic oxidation sites excluding steroid dienone is 1. The Morgan fingerprint density at radius 1 is 1.33 bits per heavy atom. The molecule has 0 fully saturated rings. The van der Waals surface area contributed by atoms with Crippen molar-refractivity contribution in [3.05, 3.63) is 41.5 Å². The van der Waals surface area contributed by atoms with E-state index in [9.17, 15) is 8.42 Å². The largest absolute Gasteiger partial charge is 0.240 e. The highest BCUT2D eigenvalue weighted by atomic mass is 32.2. The van der Waals surface area contributed by atoms with Crippen LogP contribution in [0.1, 0.15) is 19.4 Å². The third-order valence-corrected chi connectivity index (χ3v) is 3.74. The first kappa shape index (κ1) is 14.4. The molecule has 0 aromatic heterocycles. The van der Waals surface area contributed by atoms with Crippen molar-refractivity contribution >= 4 is 10.0 Å². The lowest BCUT2D eigenvalue weighted by molar-refractivity contribution is 0.585. The van der Waals surface area contributed by atoms with Crippen LogP contribution in [-0.4, -0.2) is 15.0 Å². The monoisotopic (exact) mass is 264 g/mol. The van der Waals surface area contributed by atoms with Crippen LogP contribution >= 0.6 is 0 Å². The van der Waals surface area contributed by atoms with Crippen LogP contribution in [0.3, 0.4) is 0 Å². The molecule has 1 N–H and O–H groups in total. The van der Waals surface area contributed by atoms with E-state index in [4.69, 9.17) is 5.26 Å². The topological polar surface area (TPSA) is 70.0 Å². The summed E-state index contributed by atoms with van der Waals surface area (Å²) < 4.78 is 26.2. The minimum Gasteiger partial charge on any atom is -0.207 e. The van der Waals surface area contributed by atoms with Gasteiger partial charge in [0.15, 0.2) is 0 Å². The predicted octanol–water partition coefficient (Wildman–Crippen LogP) is 2.00. The fraction of sp³-hybridized carbons (Fsp3) is 0.308. The molecule has 0 saturated carbocycles. The number of benzene rings is 1. The van der Waals surface area contributed by atoms with Crippen molar-refractivity contribution in [3.63, 3.8) is 0 Å². The van der Waals surface area contributed by atoms with Crippen LogP contribution in [0.4, 0.5) is 0 Å². The number of hydrogen-bond donors (Lipinski definition) is 1. The smallest absolute Gasteiger partial charge is 0.207 e. The Bertz CT molecular complexity index is 562. The van der Waals surface area contributed by atoms with Crippen LogP contribution in [0.15, 0.2) is 40.8 Å². The Kier molecular flexibility index (Phi) is 5.08. The van der Waals surface area contributed by atoms with Gasteiger partial charge in [-0.1, -0.05) is 23.8 Å². The molecule has 1 rings (SSSR count). The third-order valence-electron chi connectivity index (χ3n) is 2.30. The summed E-state index contributed by atoms with van der Waals surface area (Å²) in [7, 11) is -3.47. The van der Waals surface area contributed by atoms with E-state index in [1.54, 1.807) is 12.1 Å². The van der Waals surface area contributed by atoms with Crippen LogP contribution in [0.25, 0.3) is 0 Å². The molecule has 1 aromatic rings. The van der Waals surface area contributed by atoms with Gasteiger partial charge < -0.3 is 0 Å². The van der Waals surface area contributed by atoms with Gasteiger partial charge >= 0.3 is 0 Å². The maximum atomic E-state index is 11.9. The van der Waals surface area contributed by atoms with Crippen LogP contribution in [0.5, 0.6) is 0 Å². The average Bonchev–Trinajstić information content (AvgIpc) is 2.29. The van der Waals surface area contributed by atoms with E-state index in [1.165, 1.54) is 12.1 Å². The van der Waals surface area contributed by atoms with Crippen molar-refractivity contribution < 1.29 is 8.42 Å². The number of rotatable bonds is 5. The molecule has 96 valence electrons. The lowest BCUT2D eigenvalue weighted by Crippen LogP contribution is -2.23. The summed E-state index contributed by atoms with van der Waals surface area (Å²) >= 11 is 0. The van der Waals surface area contributed by atoms with Gasteiger partial charge in [0.25, 0.3) is 0 Å². The van der Waals surface area contributed by atoms with Crippen molar-refractivity contribution in [2.24, 2.45) is 0 Å². The fourth-order valence-electron chi connectivity index (χ4n) is 1.32. The van der Waals surface area contributed by atoms with Crippen molar-refractivity contribution in [1.82, 2.24) is 4.72 Å². The van der Waals surface area contributed by atoms with Crippen molar-refractivity contribution in [2.75, 3.05) is 6.54 Å². The molecule has 0 aliphatic carbocycles. The Balaban J connectivity index is 2.79. The number of hydrogen-bond acceptors (Lipinski definition) is 3. The molecule has 18 heavy (non-hydrogen) atoms. The number of nitriles is 1. The van der Waals surface area contributed by atoms with Crippen LogP contribution in [0, 0.1) is 11.3 Å². The number of nitrogens with zero attached hydrogens (tertiary/aromatic N) is 1. The van der Waals surface area contributed by atoms with E-state index < -0.39 is 10.0 Å². The van der Waals surface area contributed by atoms with E-state index in [2.05, 4.69) is 4.72 Å². The van der Waals surface area contributed by atoms with Gasteiger partial charge in [-0.15, -0.1) is 0 Å². The van der Waals surface area contributed by atoms with E-state index >= 15 is 0 Å². The second-order valence-electron chi connectivity index (χ2n) is 4.11. The quantitative estimate of drug-likeness (QED) is 0.827. The second-order valence-corrected chi connectivity index (χ2v) is 5.88. The second kappa shape index (κ2) is 6.34. The summed E-state index contributed by atoms with van der Waals surface area (Å²) in [5, 5.41) is 8.53. The van der Waals surface area contributed by atoms with Gasteiger partial charge in [0.2, 0.25) is 10.0 Å². The Morgan fingerprint density at radius 2 is 1.94 bits per heavy atom. The van der Waals surface area contributed by atoms with E-state index in [0.29, 0.717) is 0 Å². The summed E-state index contributed by atoms with van der Waals surface area (Å²) in [6, 6.07) is 8.34. The van der Waals surface area contributed by atoms with Crippen LogP contribution in [0.2, 0.25) is 0 Å². The number of sulfonamides is 1. The molecule has 0 heterocycles. The molecule has 4 nitrogen and oxygen atoms in total. The lowest BCUT2D eigenvalue weighted by Gasteiger charge is -2.05. The lowest BCUT2D eigenvalue weighted by atomic mass is 10.2. The van der Waals surface area contributed by atoms with Gasteiger partial charge in [-0.2, -0.15) is 5.26 Å². The van der Waals surface area contributed by atoms with Crippen LogP contribution in [-0.2, 0) is 16.4 Å². The van der Waals surface area contributed by atoms with Gasteiger partial charge in [0.05, 0.1) is 17.4 Å². The molecule has 0 bridgehead atoms. The average molecular weight is 264 g/mol. The summed E-state index contributed by atoms with van der Waals surface area (Å²) in [5.74, 6) is 0. The number of nitrogens with one attached hydrogen (secondary N) is 1. The first-order valence-electron chi connectivity index (χ1n) is 5.54. The standard InChI is InChI=1S/C13H16N2O2S/c1-11(2)8-10-15-18(16,17)13-5-3-12(4-6-13)7-9-14/h3-6,8,15H,7,10H2,1-2H3. The molecule has 1 aromatic carbocycles. The van der Waals surface area contributed by atoms with E-state index in [1.807, 2.05) is 26.0 Å². The SMILES string of the molecule is CC(C)=CCNS(=O)(=O)c1ccc(CC#N)cc1. The zero-order valence-corrected chi connectivity index (χ0v) is 11.3. The maximum Gasteiger partial charge on any atom is 0.240 e. The van der Waals surface area contributed by atoms with Gasteiger partial charge in [-0.25, -0.2) is 13.1 Å². The first-order chi connectivity index (χ1) is 8.45. The molecular weight excluding hydrogens is 248 g/mol. The molecule has 0 radical (unpaired) electrons. The van der Waals surface area contributed by atoms with Crippen molar-refractivity contribution in [3.8, 4) is 6.07 Å². The molecule has 0 atom stereocenters. The van der Waals surface area contributed by atoms with Gasteiger partial charge in [-0.3, -0.25) is 0 Å². The zero-order valence-electron chi connectivity index (χ0n) is 10.5. The molecule has 5 heteroatoms. The Morgan fingerprint density at radius 3 is 2.44 bits per heavy atom. The highest BCUT2D eigenvalue weighted by Gasteiger charge is 2.12. The molecule has 0 aliphatic heterocycles. The Labute approximate surface area is 108 Å². The molecule has 0 spiro atoms. The molecule has 0 unspecified atom stereocenters. The van der Waals surface area contributed by atoms with Gasteiger partial charge in [0.1, 0.15) is 0 Å². The molecule has 0 amide bonds. The summed E-state index contributed by atoms with van der Waals surface area (Å²) in [6.45, 7) is 4.10. The Hall–Kier alpha value is -1.64. The van der Waals surface area contributed by atoms with E-state index in [0.717, 1.165) is 11.1 Å². The van der Waals surface area contributed by atoms with Crippen molar-refractivity contribution in [1.29, 1.82) is 5.26 Å². The zero-order chi connectivity index (χ0) is 13.6. The first-order valence-corrected chi connectivity index (χ1v) is 7.03. The minimum atomic E-state index is -3.47. The third kappa shape index (κ3) is 4.32. The maximum absolute atomic E-state index is 11.9. The highest BCUT2D eigenvalue weighted by molar-refractivity contribution is 7.89. The summed E-state index contributed by atoms with van der Waals surface area (Å²) in [4.78, 5) is 0.214. The normalized spacial score (nSPS) is 10.7. The predicted molar refractivity (Wildman–Crippen MR) is 70.4 cm³/mol. The molecule has 0 aliphatic rings. The van der Waals surface area contributed by atoms with Crippen LogP contribution < -0.4 is 4.72 Å². The fourth-order valence-corrected chi connectivity index (χ4v) is 2.28. The molecule has 0 saturated heterocycles. The van der Waals surface area contributed by atoms with Crippen molar-refractivity contribution in [2.45, 2.75) is 25.2 Å². The highest BCUT2D eigenvalue weighted by Crippen LogP contribution is 2.10. The minimum absolute atomic E-state index is 0.214. The molecular formula is C13H16N2O2S. The summed E-state index contributed by atoms with van der Waals surface area (Å²) in [5.41, 5.74) is 1.86. The summed E-state index contributed by atoms with van der Waals surface area (Å²) in [6.07, 6.45) is 2.09. The van der Waals surface area contributed by atoms with E-state index in [-0.39, 0.29) is 17.9 Å². The van der Waals surface area contributed by atoms with Gasteiger partial charge in [-0.05, 0) is 31.5 Å².